The molecule has 3 aromatic rings. The number of ether oxygens (including phenoxy) is 1. The highest BCUT2D eigenvalue weighted by Crippen LogP contribution is 2.24. The SMILES string of the molecule is CC(C)c1ccccc1NC(=O)[C@@H](C)OC(=O)c1c[nH]c2ccccc12. The Kier molecular flexibility index (Phi) is 5.07. The molecule has 0 saturated heterocycles. The summed E-state index contributed by atoms with van der Waals surface area (Å²) in [6.07, 6.45) is 0.697. The van der Waals surface area contributed by atoms with Gasteiger partial charge in [-0.1, -0.05) is 50.2 Å². The fourth-order valence-electron chi connectivity index (χ4n) is 2.87. The van der Waals surface area contributed by atoms with Gasteiger partial charge in [0.15, 0.2) is 6.10 Å². The van der Waals surface area contributed by atoms with Crippen LogP contribution in [0.1, 0.15) is 42.6 Å². The van der Waals surface area contributed by atoms with Crippen molar-refractivity contribution in [3.05, 3.63) is 65.9 Å². The molecule has 134 valence electrons. The summed E-state index contributed by atoms with van der Waals surface area (Å²) in [6.45, 7) is 5.69. The van der Waals surface area contributed by atoms with Gasteiger partial charge >= 0.3 is 5.97 Å². The van der Waals surface area contributed by atoms with Crippen molar-refractivity contribution in [1.29, 1.82) is 0 Å². The van der Waals surface area contributed by atoms with E-state index >= 15 is 0 Å². The first kappa shape index (κ1) is 17.7. The van der Waals surface area contributed by atoms with E-state index in [-0.39, 0.29) is 11.8 Å². The Hall–Kier alpha value is -3.08. The number of rotatable bonds is 5. The van der Waals surface area contributed by atoms with Crippen LogP contribution < -0.4 is 5.32 Å². The number of anilines is 1. The molecule has 1 heterocycles. The molecule has 0 fully saturated rings. The van der Waals surface area contributed by atoms with E-state index in [2.05, 4.69) is 24.1 Å². The number of aromatic nitrogens is 1. The molecule has 3 rings (SSSR count). The maximum atomic E-state index is 12.5. The molecule has 2 aromatic carbocycles. The van der Waals surface area contributed by atoms with E-state index < -0.39 is 12.1 Å². The average Bonchev–Trinajstić information content (AvgIpc) is 3.06. The molecule has 0 saturated carbocycles. The second-order valence-electron chi connectivity index (χ2n) is 6.53. The van der Waals surface area contributed by atoms with E-state index in [0.29, 0.717) is 5.56 Å². The molecule has 0 bridgehead atoms. The quantitative estimate of drug-likeness (QED) is 0.667. The number of hydrogen-bond donors (Lipinski definition) is 2. The Labute approximate surface area is 152 Å². The third-order valence-corrected chi connectivity index (χ3v) is 4.30. The lowest BCUT2D eigenvalue weighted by Crippen LogP contribution is -2.30. The number of carbonyl (C=O) groups is 2. The minimum Gasteiger partial charge on any atom is -0.449 e. The van der Waals surface area contributed by atoms with Crippen molar-refractivity contribution >= 4 is 28.5 Å². The van der Waals surface area contributed by atoms with Crippen LogP contribution in [0.15, 0.2) is 54.7 Å². The predicted octanol–water partition coefficient (Wildman–Crippen LogP) is 4.48. The third kappa shape index (κ3) is 3.61. The van der Waals surface area contributed by atoms with Crippen molar-refractivity contribution in [2.45, 2.75) is 32.8 Å². The standard InChI is InChI=1S/C21H22N2O3/c1-13(2)15-8-4-7-11-19(15)23-20(24)14(3)26-21(25)17-12-22-18-10-6-5-9-16(17)18/h4-14,22H,1-3H3,(H,23,24)/t14-/m1/s1. The second-order valence-corrected chi connectivity index (χ2v) is 6.53. The van der Waals surface area contributed by atoms with Crippen molar-refractivity contribution in [1.82, 2.24) is 4.98 Å². The number of nitrogens with one attached hydrogen (secondary N) is 2. The van der Waals surface area contributed by atoms with E-state index in [9.17, 15) is 9.59 Å². The second kappa shape index (κ2) is 7.44. The van der Waals surface area contributed by atoms with Gasteiger partial charge in [-0.3, -0.25) is 4.79 Å². The van der Waals surface area contributed by atoms with Gasteiger partial charge in [-0.2, -0.15) is 0 Å². The van der Waals surface area contributed by atoms with Gasteiger partial charge in [-0.15, -0.1) is 0 Å². The van der Waals surface area contributed by atoms with E-state index in [0.717, 1.165) is 22.2 Å². The van der Waals surface area contributed by atoms with Crippen molar-refractivity contribution in [2.24, 2.45) is 0 Å². The van der Waals surface area contributed by atoms with Crippen LogP contribution in [0.25, 0.3) is 10.9 Å². The van der Waals surface area contributed by atoms with Crippen LogP contribution in [-0.4, -0.2) is 23.0 Å². The summed E-state index contributed by atoms with van der Waals surface area (Å²) in [5, 5.41) is 3.63. The van der Waals surface area contributed by atoms with Gasteiger partial charge in [0, 0.05) is 22.8 Å². The number of benzene rings is 2. The highest BCUT2D eigenvalue weighted by Gasteiger charge is 2.22. The van der Waals surface area contributed by atoms with Crippen LogP contribution in [-0.2, 0) is 9.53 Å². The van der Waals surface area contributed by atoms with Gasteiger partial charge < -0.3 is 15.0 Å². The van der Waals surface area contributed by atoms with Crippen LogP contribution in [0, 0.1) is 0 Å². The molecule has 0 unspecified atom stereocenters. The lowest BCUT2D eigenvalue weighted by Gasteiger charge is -2.17. The minimum absolute atomic E-state index is 0.274. The van der Waals surface area contributed by atoms with Crippen molar-refractivity contribution < 1.29 is 14.3 Å². The molecule has 2 N–H and O–H groups in total. The molecular weight excluding hydrogens is 328 g/mol. The van der Waals surface area contributed by atoms with Gasteiger partial charge in [-0.25, -0.2) is 4.79 Å². The summed E-state index contributed by atoms with van der Waals surface area (Å²) >= 11 is 0. The number of amides is 1. The first-order chi connectivity index (χ1) is 12.5. The van der Waals surface area contributed by atoms with E-state index in [1.807, 2.05) is 48.5 Å². The maximum absolute atomic E-state index is 12.5. The zero-order valence-corrected chi connectivity index (χ0v) is 15.1. The maximum Gasteiger partial charge on any atom is 0.341 e. The largest absolute Gasteiger partial charge is 0.449 e. The van der Waals surface area contributed by atoms with Crippen molar-refractivity contribution in [3.63, 3.8) is 0 Å². The molecule has 26 heavy (non-hydrogen) atoms. The number of para-hydroxylation sites is 2. The Balaban J connectivity index is 1.71. The zero-order chi connectivity index (χ0) is 18.7. The van der Waals surface area contributed by atoms with Crippen LogP contribution >= 0.6 is 0 Å². The number of aromatic amines is 1. The number of hydrogen-bond acceptors (Lipinski definition) is 3. The zero-order valence-electron chi connectivity index (χ0n) is 15.1. The van der Waals surface area contributed by atoms with E-state index in [1.54, 1.807) is 13.1 Å². The number of fused-ring (bicyclic) bond motifs is 1. The smallest absolute Gasteiger partial charge is 0.341 e. The summed E-state index contributed by atoms with van der Waals surface area (Å²) in [5.74, 6) is -0.607. The summed E-state index contributed by atoms with van der Waals surface area (Å²) < 4.78 is 5.37. The Morgan fingerprint density at radius 2 is 1.69 bits per heavy atom. The topological polar surface area (TPSA) is 71.2 Å². The van der Waals surface area contributed by atoms with E-state index in [1.165, 1.54) is 0 Å². The molecule has 0 aliphatic heterocycles. The molecule has 1 atom stereocenters. The highest BCUT2D eigenvalue weighted by atomic mass is 16.5. The third-order valence-electron chi connectivity index (χ3n) is 4.30. The lowest BCUT2D eigenvalue weighted by molar-refractivity contribution is -0.123. The Bertz CT molecular complexity index is 943. The van der Waals surface area contributed by atoms with Gasteiger partial charge in [0.1, 0.15) is 0 Å². The number of carbonyl (C=O) groups excluding carboxylic acids is 2. The highest BCUT2D eigenvalue weighted by molar-refractivity contribution is 6.05. The Morgan fingerprint density at radius 3 is 2.46 bits per heavy atom. The molecular formula is C21H22N2O3. The molecule has 5 nitrogen and oxygen atoms in total. The lowest BCUT2D eigenvalue weighted by atomic mass is 10.0. The van der Waals surface area contributed by atoms with Crippen LogP contribution in [0.4, 0.5) is 5.69 Å². The average molecular weight is 350 g/mol. The van der Waals surface area contributed by atoms with Crippen LogP contribution in [0.2, 0.25) is 0 Å². The minimum atomic E-state index is -0.906. The molecule has 0 radical (unpaired) electrons. The first-order valence-electron chi connectivity index (χ1n) is 8.64. The summed E-state index contributed by atoms with van der Waals surface area (Å²) in [5.41, 5.74) is 3.05. The molecule has 1 aromatic heterocycles. The molecule has 5 heteroatoms. The molecule has 0 spiro atoms. The molecule has 1 amide bonds. The Morgan fingerprint density at radius 1 is 1.00 bits per heavy atom. The van der Waals surface area contributed by atoms with Gasteiger partial charge in [0.2, 0.25) is 0 Å². The number of H-pyrrole nitrogens is 1. The summed E-state index contributed by atoms with van der Waals surface area (Å²) in [6, 6.07) is 15.1. The van der Waals surface area contributed by atoms with Crippen molar-refractivity contribution in [2.75, 3.05) is 5.32 Å². The van der Waals surface area contributed by atoms with Gasteiger partial charge in [0.25, 0.3) is 5.91 Å². The fraction of sp³-hybridized carbons (Fsp3) is 0.238. The van der Waals surface area contributed by atoms with Crippen LogP contribution in [0.5, 0.6) is 0 Å². The summed E-state index contributed by atoms with van der Waals surface area (Å²) in [7, 11) is 0. The predicted molar refractivity (Wildman–Crippen MR) is 102 cm³/mol. The molecule has 0 aliphatic rings. The normalized spacial score (nSPS) is 12.2. The first-order valence-corrected chi connectivity index (χ1v) is 8.64. The molecule has 0 aliphatic carbocycles. The fourth-order valence-corrected chi connectivity index (χ4v) is 2.87. The van der Waals surface area contributed by atoms with E-state index in [4.69, 9.17) is 4.74 Å². The van der Waals surface area contributed by atoms with Gasteiger partial charge in [0.05, 0.1) is 5.56 Å². The monoisotopic (exact) mass is 350 g/mol. The van der Waals surface area contributed by atoms with Gasteiger partial charge in [-0.05, 0) is 30.5 Å². The van der Waals surface area contributed by atoms with Crippen LogP contribution in [0.3, 0.4) is 0 Å². The summed E-state index contributed by atoms with van der Waals surface area (Å²) in [4.78, 5) is 27.9. The van der Waals surface area contributed by atoms with Crippen molar-refractivity contribution in [3.8, 4) is 0 Å². The number of esters is 1.